The Balaban J connectivity index is 1.43. The third kappa shape index (κ3) is 3.92. The van der Waals surface area contributed by atoms with Crippen molar-refractivity contribution < 1.29 is 14.3 Å². The summed E-state index contributed by atoms with van der Waals surface area (Å²) < 4.78 is 5.29. The zero-order valence-electron chi connectivity index (χ0n) is 15.5. The Labute approximate surface area is 163 Å². The summed E-state index contributed by atoms with van der Waals surface area (Å²) in [5.74, 6) is 0.648. The number of fused-ring (bicyclic) bond motifs is 1. The van der Waals surface area contributed by atoms with E-state index in [-0.39, 0.29) is 11.8 Å². The number of ether oxygens (including phenoxy) is 1. The monoisotopic (exact) mass is 384 g/mol. The molecule has 1 saturated heterocycles. The predicted molar refractivity (Wildman–Crippen MR) is 107 cm³/mol. The van der Waals surface area contributed by atoms with Crippen LogP contribution in [0.2, 0.25) is 0 Å². The summed E-state index contributed by atoms with van der Waals surface area (Å²) >= 11 is 1.70. The normalized spacial score (nSPS) is 19.4. The van der Waals surface area contributed by atoms with E-state index in [0.717, 1.165) is 24.8 Å². The van der Waals surface area contributed by atoms with Crippen molar-refractivity contribution in [2.75, 3.05) is 31.6 Å². The van der Waals surface area contributed by atoms with Crippen LogP contribution in [-0.4, -0.2) is 43.0 Å². The predicted octanol–water partition coefficient (Wildman–Crippen LogP) is 3.60. The number of rotatable bonds is 3. The van der Waals surface area contributed by atoms with Gasteiger partial charge in [0.05, 0.1) is 18.8 Å². The average molecular weight is 385 g/mol. The van der Waals surface area contributed by atoms with Crippen molar-refractivity contribution in [1.82, 2.24) is 4.90 Å². The molecule has 27 heavy (non-hydrogen) atoms. The van der Waals surface area contributed by atoms with Gasteiger partial charge >= 0.3 is 0 Å². The van der Waals surface area contributed by atoms with Gasteiger partial charge in [0.2, 0.25) is 0 Å². The van der Waals surface area contributed by atoms with E-state index >= 15 is 0 Å². The third-order valence-electron chi connectivity index (χ3n) is 5.33. The maximum Gasteiger partial charge on any atom is 0.256 e. The first kappa shape index (κ1) is 18.2. The second-order valence-corrected chi connectivity index (χ2v) is 8.30. The molecule has 2 aromatic rings. The SMILES string of the molecule is C[C@H]1CCc2c(C(=O)Nc3ccc(C(=O)N4CCOCC4)cc3)csc2C1. The van der Waals surface area contributed by atoms with E-state index in [0.29, 0.717) is 43.5 Å². The molecule has 2 aliphatic rings. The van der Waals surface area contributed by atoms with Gasteiger partial charge in [0.1, 0.15) is 0 Å². The number of hydrogen-bond acceptors (Lipinski definition) is 4. The van der Waals surface area contributed by atoms with Gasteiger partial charge in [-0.1, -0.05) is 6.92 Å². The van der Waals surface area contributed by atoms with Crippen molar-refractivity contribution in [3.8, 4) is 0 Å². The first-order valence-corrected chi connectivity index (χ1v) is 10.4. The Morgan fingerprint density at radius 2 is 1.93 bits per heavy atom. The van der Waals surface area contributed by atoms with Crippen LogP contribution >= 0.6 is 11.3 Å². The number of thiophene rings is 1. The summed E-state index contributed by atoms with van der Waals surface area (Å²) in [6, 6.07) is 7.15. The fraction of sp³-hybridized carbons (Fsp3) is 0.429. The molecule has 5 nitrogen and oxygen atoms in total. The number of nitrogens with zero attached hydrogens (tertiary/aromatic N) is 1. The van der Waals surface area contributed by atoms with Gasteiger partial charge in [-0.15, -0.1) is 11.3 Å². The number of morpholine rings is 1. The highest BCUT2D eigenvalue weighted by Crippen LogP contribution is 2.33. The topological polar surface area (TPSA) is 58.6 Å². The number of amides is 2. The molecule has 1 fully saturated rings. The number of hydrogen-bond donors (Lipinski definition) is 1. The van der Waals surface area contributed by atoms with Crippen molar-refractivity contribution in [1.29, 1.82) is 0 Å². The van der Waals surface area contributed by atoms with Crippen molar-refractivity contribution in [2.24, 2.45) is 5.92 Å². The van der Waals surface area contributed by atoms with Crippen LogP contribution in [0.1, 0.15) is 44.5 Å². The van der Waals surface area contributed by atoms with E-state index in [1.54, 1.807) is 40.5 Å². The van der Waals surface area contributed by atoms with Crippen LogP contribution in [0.5, 0.6) is 0 Å². The lowest BCUT2D eigenvalue weighted by Crippen LogP contribution is -2.40. The fourth-order valence-electron chi connectivity index (χ4n) is 3.71. The minimum Gasteiger partial charge on any atom is -0.378 e. The molecule has 0 unspecified atom stereocenters. The molecule has 4 rings (SSSR count). The highest BCUT2D eigenvalue weighted by atomic mass is 32.1. The summed E-state index contributed by atoms with van der Waals surface area (Å²) in [4.78, 5) is 28.3. The second kappa shape index (κ2) is 7.82. The molecule has 1 aromatic heterocycles. The number of nitrogens with one attached hydrogen (secondary N) is 1. The summed E-state index contributed by atoms with van der Waals surface area (Å²) in [5.41, 5.74) is 3.37. The molecule has 1 atom stereocenters. The van der Waals surface area contributed by atoms with Gasteiger partial charge in [-0.25, -0.2) is 0 Å². The standard InChI is InChI=1S/C21H24N2O3S/c1-14-2-7-17-18(13-27-19(17)12-14)20(24)22-16-5-3-15(4-6-16)21(25)23-8-10-26-11-9-23/h3-6,13-14H,2,7-12H2,1H3,(H,22,24)/t14-/m0/s1. The van der Waals surface area contributed by atoms with E-state index in [2.05, 4.69) is 12.2 Å². The van der Waals surface area contributed by atoms with E-state index in [4.69, 9.17) is 4.74 Å². The number of anilines is 1. The zero-order valence-corrected chi connectivity index (χ0v) is 16.3. The Hall–Kier alpha value is -2.18. The highest BCUT2D eigenvalue weighted by molar-refractivity contribution is 7.10. The molecule has 1 N–H and O–H groups in total. The lowest BCUT2D eigenvalue weighted by molar-refractivity contribution is 0.0303. The van der Waals surface area contributed by atoms with Gasteiger partial charge in [0.25, 0.3) is 11.8 Å². The Kier molecular flexibility index (Phi) is 5.27. The van der Waals surface area contributed by atoms with Gasteiger partial charge in [-0.2, -0.15) is 0 Å². The molecule has 1 aromatic carbocycles. The largest absolute Gasteiger partial charge is 0.378 e. The molecule has 142 valence electrons. The number of benzene rings is 1. The van der Waals surface area contributed by atoms with Gasteiger partial charge in [-0.05, 0) is 55.0 Å². The van der Waals surface area contributed by atoms with Crippen LogP contribution in [0.25, 0.3) is 0 Å². The fourth-order valence-corrected chi connectivity index (χ4v) is 4.96. The zero-order chi connectivity index (χ0) is 18.8. The molecule has 0 bridgehead atoms. The van der Waals surface area contributed by atoms with Crippen molar-refractivity contribution in [3.63, 3.8) is 0 Å². The highest BCUT2D eigenvalue weighted by Gasteiger charge is 2.23. The second-order valence-electron chi connectivity index (χ2n) is 7.34. The molecule has 0 spiro atoms. The third-order valence-corrected chi connectivity index (χ3v) is 6.39. The van der Waals surface area contributed by atoms with Gasteiger partial charge in [0, 0.05) is 34.6 Å². The lowest BCUT2D eigenvalue weighted by Gasteiger charge is -2.26. The molecule has 6 heteroatoms. The quantitative estimate of drug-likeness (QED) is 0.880. The van der Waals surface area contributed by atoms with E-state index in [1.165, 1.54) is 10.4 Å². The van der Waals surface area contributed by atoms with Gasteiger partial charge in [0.15, 0.2) is 0 Å². The first-order valence-electron chi connectivity index (χ1n) is 9.49. The van der Waals surface area contributed by atoms with Gasteiger partial charge in [-0.3, -0.25) is 9.59 Å². The van der Waals surface area contributed by atoms with Crippen molar-refractivity contribution in [2.45, 2.75) is 26.2 Å². The molecular weight excluding hydrogens is 360 g/mol. The summed E-state index contributed by atoms with van der Waals surface area (Å²) in [6.45, 7) is 4.69. The van der Waals surface area contributed by atoms with Crippen molar-refractivity contribution in [3.05, 3.63) is 51.2 Å². The summed E-state index contributed by atoms with van der Waals surface area (Å²) in [5, 5.41) is 4.95. The van der Waals surface area contributed by atoms with Crippen LogP contribution in [0.4, 0.5) is 5.69 Å². The molecular formula is C21H24N2O3S. The molecule has 0 radical (unpaired) electrons. The lowest BCUT2D eigenvalue weighted by atomic mass is 9.88. The summed E-state index contributed by atoms with van der Waals surface area (Å²) in [7, 11) is 0. The number of carbonyl (C=O) groups excluding carboxylic acids is 2. The molecule has 1 aliphatic heterocycles. The van der Waals surface area contributed by atoms with Gasteiger partial charge < -0.3 is 15.0 Å². The molecule has 2 heterocycles. The minimum absolute atomic E-state index is 0.0113. The van der Waals surface area contributed by atoms with Crippen LogP contribution in [0.15, 0.2) is 29.6 Å². The number of carbonyl (C=O) groups is 2. The maximum absolute atomic E-state index is 12.7. The van der Waals surface area contributed by atoms with Crippen LogP contribution in [-0.2, 0) is 17.6 Å². The average Bonchev–Trinajstić information content (AvgIpc) is 3.12. The molecule has 2 amide bonds. The van der Waals surface area contributed by atoms with Crippen molar-refractivity contribution >= 4 is 28.8 Å². The van der Waals surface area contributed by atoms with Crippen LogP contribution < -0.4 is 5.32 Å². The van der Waals surface area contributed by atoms with E-state index < -0.39 is 0 Å². The Morgan fingerprint density at radius 1 is 1.19 bits per heavy atom. The molecule has 0 saturated carbocycles. The molecule has 1 aliphatic carbocycles. The van der Waals surface area contributed by atoms with Crippen LogP contribution in [0.3, 0.4) is 0 Å². The smallest absolute Gasteiger partial charge is 0.256 e. The van der Waals surface area contributed by atoms with E-state index in [9.17, 15) is 9.59 Å². The summed E-state index contributed by atoms with van der Waals surface area (Å²) in [6.07, 6.45) is 3.20. The minimum atomic E-state index is -0.0608. The van der Waals surface area contributed by atoms with E-state index in [1.807, 2.05) is 5.38 Å². The first-order chi connectivity index (χ1) is 13.1. The maximum atomic E-state index is 12.7. The Bertz CT molecular complexity index is 838. The Morgan fingerprint density at radius 3 is 2.67 bits per heavy atom. The van der Waals surface area contributed by atoms with Crippen LogP contribution in [0, 0.1) is 5.92 Å².